The van der Waals surface area contributed by atoms with Crippen LogP contribution in [0.25, 0.3) is 0 Å². The number of hydrogen-bond donors (Lipinski definition) is 0. The summed E-state index contributed by atoms with van der Waals surface area (Å²) in [6, 6.07) is 2.52. The van der Waals surface area contributed by atoms with Gasteiger partial charge in [0.25, 0.3) is 0 Å². The van der Waals surface area contributed by atoms with Crippen molar-refractivity contribution in [3.8, 4) is 6.19 Å². The molecule has 0 aliphatic heterocycles. The first-order valence-electron chi connectivity index (χ1n) is 7.14. The maximum Gasteiger partial charge on any atom is 0.339 e. The van der Waals surface area contributed by atoms with Crippen molar-refractivity contribution >= 4 is 33.3 Å². The molecule has 136 valence electrons. The number of amides is 1. The van der Waals surface area contributed by atoms with E-state index in [1.54, 1.807) is 13.1 Å². The third-order valence-electron chi connectivity index (χ3n) is 3.22. The maximum absolute atomic E-state index is 12.0. The van der Waals surface area contributed by atoms with Crippen molar-refractivity contribution in [1.29, 1.82) is 5.26 Å². The summed E-state index contributed by atoms with van der Waals surface area (Å²) in [5.41, 5.74) is 0.101. The minimum atomic E-state index is -3.66. The predicted octanol–water partition coefficient (Wildman–Crippen LogP) is 1.60. The molecule has 1 amide bonds. The first-order valence-corrected chi connectivity index (χ1v) is 9.41. The van der Waals surface area contributed by atoms with E-state index in [1.807, 2.05) is 0 Å². The zero-order valence-corrected chi connectivity index (χ0v) is 15.8. The summed E-state index contributed by atoms with van der Waals surface area (Å²) in [5, 5.41) is 10.9. The third-order valence-corrected chi connectivity index (χ3v) is 4.83. The average Bonchev–Trinajstić information content (AvgIpc) is 2.48. The van der Waals surface area contributed by atoms with Gasteiger partial charge in [-0.2, -0.15) is 10.3 Å². The fourth-order valence-electron chi connectivity index (χ4n) is 2.15. The number of rotatable bonds is 6. The zero-order valence-electron chi connectivity index (χ0n) is 14.2. The second-order valence-electron chi connectivity index (χ2n) is 5.14. The highest BCUT2D eigenvalue weighted by molar-refractivity contribution is 7.90. The molecular weight excluding hydrogens is 370 g/mol. The van der Waals surface area contributed by atoms with Gasteiger partial charge in [0.05, 0.1) is 22.1 Å². The summed E-state index contributed by atoms with van der Waals surface area (Å²) in [6.07, 6.45) is 2.68. The molecule has 25 heavy (non-hydrogen) atoms. The van der Waals surface area contributed by atoms with Crippen molar-refractivity contribution in [3.63, 3.8) is 0 Å². The summed E-state index contributed by atoms with van der Waals surface area (Å²) < 4.78 is 29.0. The van der Waals surface area contributed by atoms with E-state index in [4.69, 9.17) is 21.6 Å². The number of sulfone groups is 1. The molecule has 0 spiro atoms. The fraction of sp³-hybridized carbons (Fsp3) is 0.400. The third kappa shape index (κ3) is 4.92. The van der Waals surface area contributed by atoms with Crippen LogP contribution in [0.3, 0.4) is 0 Å². The van der Waals surface area contributed by atoms with Gasteiger partial charge in [0.2, 0.25) is 12.1 Å². The van der Waals surface area contributed by atoms with Gasteiger partial charge in [0.1, 0.15) is 0 Å². The SMILES string of the molecule is CCOC(=O)c1ccc(S(C)(=O)=O)c(CN(C)N(C#N)C(C)=O)c1Cl. The quantitative estimate of drug-likeness (QED) is 0.315. The Morgan fingerprint density at radius 2 is 1.96 bits per heavy atom. The molecule has 0 radical (unpaired) electrons. The summed E-state index contributed by atoms with van der Waals surface area (Å²) in [7, 11) is -2.24. The van der Waals surface area contributed by atoms with Crippen LogP contribution >= 0.6 is 11.6 Å². The number of benzene rings is 1. The highest BCUT2D eigenvalue weighted by atomic mass is 35.5. The second kappa shape index (κ2) is 8.29. The van der Waals surface area contributed by atoms with E-state index >= 15 is 0 Å². The molecule has 0 aromatic heterocycles. The molecule has 0 unspecified atom stereocenters. The first-order chi connectivity index (χ1) is 11.5. The standard InChI is InChI=1S/C15H18ClN3O5S/c1-5-24-15(21)11-6-7-13(25(4,22)23)12(14(11)16)8-18(3)19(9-17)10(2)20/h6-7H,5,8H2,1-4H3. The van der Waals surface area contributed by atoms with Crippen LogP contribution in [-0.4, -0.2) is 50.2 Å². The van der Waals surface area contributed by atoms with Crippen molar-refractivity contribution in [3.05, 3.63) is 28.3 Å². The van der Waals surface area contributed by atoms with Gasteiger partial charge in [0, 0.05) is 32.3 Å². The number of esters is 1. The van der Waals surface area contributed by atoms with Crippen LogP contribution in [-0.2, 0) is 25.9 Å². The predicted molar refractivity (Wildman–Crippen MR) is 90.1 cm³/mol. The molecule has 0 saturated heterocycles. The van der Waals surface area contributed by atoms with Gasteiger partial charge in [-0.25, -0.2) is 18.2 Å². The van der Waals surface area contributed by atoms with Crippen molar-refractivity contribution in [2.24, 2.45) is 0 Å². The van der Waals surface area contributed by atoms with Gasteiger partial charge in [-0.05, 0) is 19.1 Å². The Labute approximate surface area is 151 Å². The van der Waals surface area contributed by atoms with E-state index < -0.39 is 21.7 Å². The van der Waals surface area contributed by atoms with Crippen LogP contribution < -0.4 is 0 Å². The van der Waals surface area contributed by atoms with E-state index in [9.17, 15) is 18.0 Å². The number of halogens is 1. The Kier molecular flexibility index (Phi) is 6.93. The average molecular weight is 388 g/mol. The van der Waals surface area contributed by atoms with Gasteiger partial charge in [-0.15, -0.1) is 0 Å². The minimum Gasteiger partial charge on any atom is -0.462 e. The van der Waals surface area contributed by atoms with Gasteiger partial charge < -0.3 is 4.74 Å². The molecular formula is C15H18ClN3O5S. The molecule has 0 N–H and O–H groups in total. The number of hydrazine groups is 1. The van der Waals surface area contributed by atoms with Crippen LogP contribution in [0.4, 0.5) is 0 Å². The normalized spacial score (nSPS) is 11.1. The molecule has 0 saturated carbocycles. The van der Waals surface area contributed by atoms with Crippen LogP contribution in [0, 0.1) is 11.5 Å². The summed E-state index contributed by atoms with van der Waals surface area (Å²) in [5.74, 6) is -1.25. The summed E-state index contributed by atoms with van der Waals surface area (Å²) >= 11 is 6.24. The molecule has 0 heterocycles. The van der Waals surface area contributed by atoms with Gasteiger partial charge in [0.15, 0.2) is 9.84 Å². The van der Waals surface area contributed by atoms with Gasteiger partial charge in [-0.3, -0.25) is 4.79 Å². The highest BCUT2D eigenvalue weighted by Crippen LogP contribution is 2.30. The Hall–Kier alpha value is -2.15. The Morgan fingerprint density at radius 3 is 2.40 bits per heavy atom. The minimum absolute atomic E-state index is 0.00523. The zero-order chi connectivity index (χ0) is 19.4. The molecule has 0 atom stereocenters. The molecule has 8 nitrogen and oxygen atoms in total. The lowest BCUT2D eigenvalue weighted by molar-refractivity contribution is -0.137. The van der Waals surface area contributed by atoms with Crippen molar-refractivity contribution < 1.29 is 22.7 Å². The highest BCUT2D eigenvalue weighted by Gasteiger charge is 2.25. The molecule has 10 heteroatoms. The second-order valence-corrected chi connectivity index (χ2v) is 7.51. The number of ether oxygens (including phenoxy) is 1. The van der Waals surface area contributed by atoms with Gasteiger partial charge in [-0.1, -0.05) is 11.6 Å². The molecule has 0 aliphatic carbocycles. The molecule has 0 bridgehead atoms. The van der Waals surface area contributed by atoms with E-state index in [1.165, 1.54) is 31.1 Å². The number of nitrogens with zero attached hydrogens (tertiary/aromatic N) is 3. The topological polar surface area (TPSA) is 108 Å². The monoisotopic (exact) mass is 387 g/mol. The maximum atomic E-state index is 12.0. The molecule has 1 rings (SSSR count). The van der Waals surface area contributed by atoms with E-state index in [0.717, 1.165) is 11.3 Å². The molecule has 1 aromatic rings. The Morgan fingerprint density at radius 1 is 1.36 bits per heavy atom. The number of nitriles is 1. The van der Waals surface area contributed by atoms with Crippen molar-refractivity contribution in [1.82, 2.24) is 10.0 Å². The largest absolute Gasteiger partial charge is 0.462 e. The first kappa shape index (κ1) is 20.9. The van der Waals surface area contributed by atoms with Crippen molar-refractivity contribution in [2.45, 2.75) is 25.3 Å². The lowest BCUT2D eigenvalue weighted by atomic mass is 10.1. The molecule has 0 aliphatic rings. The lowest BCUT2D eigenvalue weighted by Gasteiger charge is -2.25. The Bertz CT molecular complexity index is 832. The van der Waals surface area contributed by atoms with Crippen LogP contribution in [0.1, 0.15) is 29.8 Å². The smallest absolute Gasteiger partial charge is 0.339 e. The molecule has 1 aromatic carbocycles. The van der Waals surface area contributed by atoms with E-state index in [0.29, 0.717) is 0 Å². The summed E-state index contributed by atoms with van der Waals surface area (Å²) in [6.45, 7) is 2.77. The van der Waals surface area contributed by atoms with Gasteiger partial charge >= 0.3 is 5.97 Å². The van der Waals surface area contributed by atoms with E-state index in [2.05, 4.69) is 0 Å². The fourth-order valence-corrected chi connectivity index (χ4v) is 3.44. The molecule has 0 fully saturated rings. The van der Waals surface area contributed by atoms with Crippen LogP contribution in [0.15, 0.2) is 17.0 Å². The summed E-state index contributed by atoms with van der Waals surface area (Å²) in [4.78, 5) is 23.3. The van der Waals surface area contributed by atoms with E-state index in [-0.39, 0.29) is 34.2 Å². The number of carbonyl (C=O) groups excluding carboxylic acids is 2. The number of hydrogen-bond acceptors (Lipinski definition) is 7. The number of carbonyl (C=O) groups is 2. The lowest BCUT2D eigenvalue weighted by Crippen LogP contribution is -2.39. The van der Waals surface area contributed by atoms with Crippen LogP contribution in [0.5, 0.6) is 0 Å². The Balaban J connectivity index is 3.48. The van der Waals surface area contributed by atoms with Crippen molar-refractivity contribution in [2.75, 3.05) is 19.9 Å². The van der Waals surface area contributed by atoms with Crippen LogP contribution in [0.2, 0.25) is 5.02 Å².